The number of hydrogen-bond acceptors (Lipinski definition) is 2. The minimum absolute atomic E-state index is 0.194. The standard InChI is InChI=1S/C18H20N2O2/c1-2-15(21)20-17(18(19)22)16(13-9-5-3-6-10-13)14-11-7-4-8-12-14/h3-12,16-17H,2H2,1H3,(H2,19,22)(H,20,21). The summed E-state index contributed by atoms with van der Waals surface area (Å²) in [5, 5.41) is 2.75. The summed E-state index contributed by atoms with van der Waals surface area (Å²) in [5.41, 5.74) is 7.44. The lowest BCUT2D eigenvalue weighted by Crippen LogP contribution is -2.48. The van der Waals surface area contributed by atoms with Crippen LogP contribution < -0.4 is 11.1 Å². The summed E-state index contributed by atoms with van der Waals surface area (Å²) in [6, 6.07) is 18.4. The van der Waals surface area contributed by atoms with Crippen molar-refractivity contribution in [2.24, 2.45) is 5.73 Å². The second kappa shape index (κ2) is 7.41. The van der Waals surface area contributed by atoms with Gasteiger partial charge in [-0.05, 0) is 11.1 Å². The number of benzene rings is 2. The van der Waals surface area contributed by atoms with E-state index in [2.05, 4.69) is 5.32 Å². The van der Waals surface area contributed by atoms with Crippen molar-refractivity contribution >= 4 is 11.8 Å². The van der Waals surface area contributed by atoms with Crippen molar-refractivity contribution in [2.75, 3.05) is 0 Å². The fourth-order valence-electron chi connectivity index (χ4n) is 2.49. The van der Waals surface area contributed by atoms with Crippen molar-refractivity contribution in [1.29, 1.82) is 0 Å². The van der Waals surface area contributed by atoms with Crippen molar-refractivity contribution < 1.29 is 9.59 Å². The Morgan fingerprint density at radius 3 is 1.77 bits per heavy atom. The maximum absolute atomic E-state index is 11.9. The zero-order valence-corrected chi connectivity index (χ0v) is 12.5. The highest BCUT2D eigenvalue weighted by Crippen LogP contribution is 2.28. The first-order valence-corrected chi connectivity index (χ1v) is 7.32. The van der Waals surface area contributed by atoms with Crippen LogP contribution in [0.25, 0.3) is 0 Å². The molecular weight excluding hydrogens is 276 g/mol. The maximum Gasteiger partial charge on any atom is 0.240 e. The van der Waals surface area contributed by atoms with Crippen LogP contribution in [0.15, 0.2) is 60.7 Å². The summed E-state index contributed by atoms with van der Waals surface area (Å²) in [4.78, 5) is 23.7. The molecule has 1 atom stereocenters. The van der Waals surface area contributed by atoms with Crippen molar-refractivity contribution in [1.82, 2.24) is 5.32 Å². The van der Waals surface area contributed by atoms with Gasteiger partial charge < -0.3 is 11.1 Å². The fourth-order valence-corrected chi connectivity index (χ4v) is 2.49. The summed E-state index contributed by atoms with van der Waals surface area (Å²) in [5.74, 6) is -1.05. The first-order valence-electron chi connectivity index (χ1n) is 7.32. The molecule has 4 nitrogen and oxygen atoms in total. The van der Waals surface area contributed by atoms with Gasteiger partial charge in [-0.1, -0.05) is 67.6 Å². The first-order chi connectivity index (χ1) is 10.6. The van der Waals surface area contributed by atoms with E-state index < -0.39 is 11.9 Å². The molecule has 0 aliphatic rings. The van der Waals surface area contributed by atoms with Crippen LogP contribution in [-0.4, -0.2) is 17.9 Å². The highest BCUT2D eigenvalue weighted by atomic mass is 16.2. The van der Waals surface area contributed by atoms with Crippen molar-refractivity contribution in [2.45, 2.75) is 25.3 Å². The Morgan fingerprint density at radius 2 is 1.41 bits per heavy atom. The van der Waals surface area contributed by atoms with Gasteiger partial charge in [-0.15, -0.1) is 0 Å². The van der Waals surface area contributed by atoms with Crippen LogP contribution in [0, 0.1) is 0 Å². The van der Waals surface area contributed by atoms with E-state index in [4.69, 9.17) is 5.73 Å². The van der Waals surface area contributed by atoms with E-state index in [9.17, 15) is 9.59 Å². The number of nitrogens with one attached hydrogen (secondary N) is 1. The second-order valence-corrected chi connectivity index (χ2v) is 5.10. The van der Waals surface area contributed by atoms with E-state index in [-0.39, 0.29) is 11.8 Å². The SMILES string of the molecule is CCC(=O)NC(C(N)=O)C(c1ccccc1)c1ccccc1. The van der Waals surface area contributed by atoms with Gasteiger partial charge in [0.05, 0.1) is 0 Å². The van der Waals surface area contributed by atoms with Crippen LogP contribution in [0.1, 0.15) is 30.4 Å². The summed E-state index contributed by atoms with van der Waals surface area (Å²) >= 11 is 0. The van der Waals surface area contributed by atoms with Crippen LogP contribution >= 0.6 is 0 Å². The van der Waals surface area contributed by atoms with Gasteiger partial charge in [0.15, 0.2) is 0 Å². The van der Waals surface area contributed by atoms with Gasteiger partial charge in [0.2, 0.25) is 11.8 Å². The summed E-state index contributed by atoms with van der Waals surface area (Å²) < 4.78 is 0. The summed E-state index contributed by atoms with van der Waals surface area (Å²) in [6.07, 6.45) is 0.306. The molecule has 0 aliphatic heterocycles. The van der Waals surface area contributed by atoms with Crippen molar-refractivity contribution in [3.8, 4) is 0 Å². The third kappa shape index (κ3) is 3.73. The Labute approximate surface area is 130 Å². The second-order valence-electron chi connectivity index (χ2n) is 5.10. The molecule has 0 fully saturated rings. The van der Waals surface area contributed by atoms with Crippen LogP contribution in [0.4, 0.5) is 0 Å². The molecule has 3 N–H and O–H groups in total. The number of primary amides is 1. The monoisotopic (exact) mass is 296 g/mol. The van der Waals surface area contributed by atoms with E-state index in [0.29, 0.717) is 6.42 Å². The lowest BCUT2D eigenvalue weighted by atomic mass is 9.84. The number of carbonyl (C=O) groups is 2. The lowest BCUT2D eigenvalue weighted by Gasteiger charge is -2.26. The predicted molar refractivity (Wildman–Crippen MR) is 86.1 cm³/mol. The molecule has 22 heavy (non-hydrogen) atoms. The number of carbonyl (C=O) groups excluding carboxylic acids is 2. The summed E-state index contributed by atoms with van der Waals surface area (Å²) in [6.45, 7) is 1.74. The number of amides is 2. The van der Waals surface area contributed by atoms with Crippen LogP contribution in [0.5, 0.6) is 0 Å². The van der Waals surface area contributed by atoms with E-state index in [0.717, 1.165) is 11.1 Å². The Kier molecular flexibility index (Phi) is 5.31. The smallest absolute Gasteiger partial charge is 0.240 e. The topological polar surface area (TPSA) is 72.2 Å². The highest BCUT2D eigenvalue weighted by molar-refractivity contribution is 5.88. The number of rotatable bonds is 6. The van der Waals surface area contributed by atoms with Gasteiger partial charge in [-0.2, -0.15) is 0 Å². The van der Waals surface area contributed by atoms with Gasteiger partial charge in [0.25, 0.3) is 0 Å². The third-order valence-electron chi connectivity index (χ3n) is 3.59. The Balaban J connectivity index is 2.46. The molecule has 114 valence electrons. The molecule has 0 bridgehead atoms. The molecule has 0 aromatic heterocycles. The normalized spacial score (nSPS) is 11.9. The molecule has 2 aromatic rings. The molecule has 1 unspecified atom stereocenters. The molecule has 0 aliphatic carbocycles. The maximum atomic E-state index is 11.9. The highest BCUT2D eigenvalue weighted by Gasteiger charge is 2.30. The van der Waals surface area contributed by atoms with Crippen LogP contribution in [0.3, 0.4) is 0 Å². The molecule has 0 radical (unpaired) electrons. The van der Waals surface area contributed by atoms with Crippen LogP contribution in [-0.2, 0) is 9.59 Å². The molecule has 2 aromatic carbocycles. The van der Waals surface area contributed by atoms with Gasteiger partial charge in [0.1, 0.15) is 6.04 Å². The first kappa shape index (κ1) is 15.8. The molecule has 2 amide bonds. The zero-order chi connectivity index (χ0) is 15.9. The minimum Gasteiger partial charge on any atom is -0.368 e. The van der Waals surface area contributed by atoms with Crippen LogP contribution in [0.2, 0.25) is 0 Å². The summed E-state index contributed by atoms with van der Waals surface area (Å²) in [7, 11) is 0. The Bertz CT molecular complexity index is 587. The van der Waals surface area contributed by atoms with E-state index in [1.165, 1.54) is 0 Å². The fraction of sp³-hybridized carbons (Fsp3) is 0.222. The molecule has 4 heteroatoms. The molecule has 0 saturated heterocycles. The third-order valence-corrected chi connectivity index (χ3v) is 3.59. The van der Waals surface area contributed by atoms with Crippen molar-refractivity contribution in [3.05, 3.63) is 71.8 Å². The van der Waals surface area contributed by atoms with E-state index in [1.54, 1.807) is 6.92 Å². The van der Waals surface area contributed by atoms with E-state index in [1.807, 2.05) is 60.7 Å². The van der Waals surface area contributed by atoms with E-state index >= 15 is 0 Å². The lowest BCUT2D eigenvalue weighted by molar-refractivity contribution is -0.127. The van der Waals surface area contributed by atoms with Gasteiger partial charge in [-0.25, -0.2) is 0 Å². The average Bonchev–Trinajstić information content (AvgIpc) is 2.56. The predicted octanol–water partition coefficient (Wildman–Crippen LogP) is 2.20. The number of hydrogen-bond donors (Lipinski definition) is 2. The molecular formula is C18H20N2O2. The quantitative estimate of drug-likeness (QED) is 0.857. The molecule has 0 heterocycles. The molecule has 0 saturated carbocycles. The Morgan fingerprint density at radius 1 is 0.955 bits per heavy atom. The molecule has 2 rings (SSSR count). The zero-order valence-electron chi connectivity index (χ0n) is 12.5. The Hall–Kier alpha value is -2.62. The van der Waals surface area contributed by atoms with Gasteiger partial charge in [-0.3, -0.25) is 9.59 Å². The number of nitrogens with two attached hydrogens (primary N) is 1. The molecule has 0 spiro atoms. The largest absolute Gasteiger partial charge is 0.368 e. The minimum atomic E-state index is -0.780. The van der Waals surface area contributed by atoms with Crippen molar-refractivity contribution in [3.63, 3.8) is 0 Å². The van der Waals surface area contributed by atoms with Gasteiger partial charge in [0, 0.05) is 12.3 Å². The van der Waals surface area contributed by atoms with Gasteiger partial charge >= 0.3 is 0 Å². The average molecular weight is 296 g/mol.